The average molecular weight is 232 g/mol. The Balaban J connectivity index is 2.96. The summed E-state index contributed by atoms with van der Waals surface area (Å²) in [5.41, 5.74) is 6.42. The van der Waals surface area contributed by atoms with Gasteiger partial charge >= 0.3 is 0 Å². The van der Waals surface area contributed by atoms with Crippen LogP contribution in [0.4, 0.5) is 5.69 Å². The summed E-state index contributed by atoms with van der Waals surface area (Å²) >= 11 is 3.14. The third kappa shape index (κ3) is 1.89. The number of aliphatic hydroxyl groups is 1. The Hall–Kier alpha value is -0.740. The minimum Gasteiger partial charge on any atom is -0.506 e. The molecule has 1 rings (SSSR count). The molecular formula is C8H10BrNO2. The maximum Gasteiger partial charge on any atom is 0.138 e. The molecule has 0 aromatic heterocycles. The number of aromatic hydroxyl groups is 1. The van der Waals surface area contributed by atoms with Crippen molar-refractivity contribution in [2.24, 2.45) is 0 Å². The zero-order valence-electron chi connectivity index (χ0n) is 6.37. The molecule has 0 radical (unpaired) electrons. The van der Waals surface area contributed by atoms with Gasteiger partial charge in [-0.2, -0.15) is 0 Å². The van der Waals surface area contributed by atoms with E-state index >= 15 is 0 Å². The number of anilines is 1. The Morgan fingerprint density at radius 2 is 2.17 bits per heavy atom. The third-order valence-electron chi connectivity index (χ3n) is 1.58. The summed E-state index contributed by atoms with van der Waals surface area (Å²) in [4.78, 5) is 0. The fourth-order valence-corrected chi connectivity index (χ4v) is 1.24. The highest BCUT2D eigenvalue weighted by atomic mass is 79.9. The molecule has 0 bridgehead atoms. The van der Waals surface area contributed by atoms with Gasteiger partial charge in [0.05, 0.1) is 11.8 Å². The van der Waals surface area contributed by atoms with Crippen LogP contribution < -0.4 is 5.73 Å². The zero-order valence-corrected chi connectivity index (χ0v) is 7.95. The molecule has 0 amide bonds. The van der Waals surface area contributed by atoms with Gasteiger partial charge in [-0.3, -0.25) is 0 Å². The van der Waals surface area contributed by atoms with Gasteiger partial charge < -0.3 is 15.9 Å². The molecule has 66 valence electrons. The van der Waals surface area contributed by atoms with Gasteiger partial charge in [0.25, 0.3) is 0 Å². The highest BCUT2D eigenvalue weighted by Gasteiger charge is 2.06. The summed E-state index contributed by atoms with van der Waals surface area (Å²) in [6, 6.07) is 4.66. The highest BCUT2D eigenvalue weighted by molar-refractivity contribution is 9.09. The minimum absolute atomic E-state index is 0.0422. The number of alkyl halides is 1. The molecular weight excluding hydrogens is 222 g/mol. The average Bonchev–Trinajstić information content (AvgIpc) is 2.08. The monoisotopic (exact) mass is 231 g/mol. The first-order chi connectivity index (χ1) is 5.65. The van der Waals surface area contributed by atoms with Crippen molar-refractivity contribution in [3.05, 3.63) is 23.8 Å². The van der Waals surface area contributed by atoms with Crippen molar-refractivity contribution in [1.29, 1.82) is 0 Å². The zero-order chi connectivity index (χ0) is 9.14. The fourth-order valence-electron chi connectivity index (χ4n) is 0.869. The van der Waals surface area contributed by atoms with E-state index < -0.39 is 6.10 Å². The van der Waals surface area contributed by atoms with Crippen molar-refractivity contribution >= 4 is 21.6 Å². The number of halogens is 1. The second-order valence-electron chi connectivity index (χ2n) is 2.49. The molecule has 1 aromatic rings. The second-order valence-corrected chi connectivity index (χ2v) is 3.14. The van der Waals surface area contributed by atoms with Crippen molar-refractivity contribution in [2.45, 2.75) is 6.10 Å². The molecule has 0 saturated heterocycles. The number of hydrogen-bond donors (Lipinski definition) is 3. The van der Waals surface area contributed by atoms with Crippen molar-refractivity contribution in [1.82, 2.24) is 0 Å². The lowest BCUT2D eigenvalue weighted by molar-refractivity contribution is 0.205. The van der Waals surface area contributed by atoms with Crippen molar-refractivity contribution < 1.29 is 10.2 Å². The van der Waals surface area contributed by atoms with E-state index in [2.05, 4.69) is 15.9 Å². The summed E-state index contributed by atoms with van der Waals surface area (Å²) in [6.45, 7) is 0. The Morgan fingerprint density at radius 3 is 2.67 bits per heavy atom. The molecule has 1 unspecified atom stereocenters. The fraction of sp³-hybridized carbons (Fsp3) is 0.250. The van der Waals surface area contributed by atoms with Gasteiger partial charge in [0.2, 0.25) is 0 Å². The van der Waals surface area contributed by atoms with Crippen LogP contribution in [0.1, 0.15) is 11.7 Å². The Morgan fingerprint density at radius 1 is 1.50 bits per heavy atom. The van der Waals surface area contributed by atoms with Crippen molar-refractivity contribution in [2.75, 3.05) is 11.1 Å². The van der Waals surface area contributed by atoms with Gasteiger partial charge in [-0.1, -0.05) is 22.0 Å². The molecule has 0 heterocycles. The smallest absolute Gasteiger partial charge is 0.138 e. The molecule has 0 aliphatic carbocycles. The van der Waals surface area contributed by atoms with Gasteiger partial charge in [0, 0.05) is 5.33 Å². The SMILES string of the molecule is Nc1cc(C(O)CBr)ccc1O. The molecule has 0 aliphatic heterocycles. The van der Waals surface area contributed by atoms with E-state index in [0.29, 0.717) is 10.9 Å². The Labute approximate surface area is 79.0 Å². The van der Waals surface area contributed by atoms with Crippen LogP contribution in [0, 0.1) is 0 Å². The first-order valence-corrected chi connectivity index (χ1v) is 4.59. The number of benzene rings is 1. The quantitative estimate of drug-likeness (QED) is 0.410. The lowest BCUT2D eigenvalue weighted by Gasteiger charge is -2.08. The highest BCUT2D eigenvalue weighted by Crippen LogP contribution is 2.24. The van der Waals surface area contributed by atoms with Crippen molar-refractivity contribution in [3.63, 3.8) is 0 Å². The van der Waals surface area contributed by atoms with E-state index in [4.69, 9.17) is 10.8 Å². The Bertz CT molecular complexity index is 278. The van der Waals surface area contributed by atoms with Crippen LogP contribution in [0.5, 0.6) is 5.75 Å². The number of nitrogens with two attached hydrogens (primary N) is 1. The van der Waals surface area contributed by atoms with E-state index in [0.717, 1.165) is 0 Å². The van der Waals surface area contributed by atoms with Crippen LogP contribution in [-0.2, 0) is 0 Å². The summed E-state index contributed by atoms with van der Waals surface area (Å²) in [7, 11) is 0. The van der Waals surface area contributed by atoms with Gasteiger partial charge in [-0.25, -0.2) is 0 Å². The lowest BCUT2D eigenvalue weighted by Crippen LogP contribution is -1.99. The molecule has 12 heavy (non-hydrogen) atoms. The van der Waals surface area contributed by atoms with Crippen molar-refractivity contribution in [3.8, 4) is 5.75 Å². The van der Waals surface area contributed by atoms with Gasteiger partial charge in [-0.05, 0) is 17.7 Å². The van der Waals surface area contributed by atoms with Crippen LogP contribution >= 0.6 is 15.9 Å². The van der Waals surface area contributed by atoms with E-state index in [9.17, 15) is 5.11 Å². The molecule has 0 fully saturated rings. The van der Waals surface area contributed by atoms with Crippen LogP contribution in [0.25, 0.3) is 0 Å². The molecule has 0 aliphatic rings. The van der Waals surface area contributed by atoms with Gasteiger partial charge in [-0.15, -0.1) is 0 Å². The molecule has 0 saturated carbocycles. The maximum atomic E-state index is 9.36. The first-order valence-electron chi connectivity index (χ1n) is 3.47. The number of hydrogen-bond acceptors (Lipinski definition) is 3. The number of rotatable bonds is 2. The first kappa shape index (κ1) is 9.35. The third-order valence-corrected chi connectivity index (χ3v) is 2.20. The predicted molar refractivity (Wildman–Crippen MR) is 51.3 cm³/mol. The van der Waals surface area contributed by atoms with Crippen LogP contribution in [-0.4, -0.2) is 15.5 Å². The van der Waals surface area contributed by atoms with E-state index in [1.807, 2.05) is 0 Å². The van der Waals surface area contributed by atoms with Crippen LogP contribution in [0.15, 0.2) is 18.2 Å². The summed E-state index contributed by atoms with van der Waals surface area (Å²) in [5, 5.41) is 18.9. The molecule has 1 atom stereocenters. The van der Waals surface area contributed by atoms with Crippen LogP contribution in [0.3, 0.4) is 0 Å². The number of phenols is 1. The topological polar surface area (TPSA) is 66.5 Å². The Kier molecular flexibility index (Phi) is 2.94. The largest absolute Gasteiger partial charge is 0.506 e. The predicted octanol–water partition coefficient (Wildman–Crippen LogP) is 1.40. The maximum absolute atomic E-state index is 9.36. The molecule has 1 aromatic carbocycles. The van der Waals surface area contributed by atoms with Crippen LogP contribution in [0.2, 0.25) is 0 Å². The molecule has 4 heteroatoms. The summed E-state index contributed by atoms with van der Waals surface area (Å²) in [6.07, 6.45) is -0.576. The minimum atomic E-state index is -0.576. The normalized spacial score (nSPS) is 12.8. The number of aliphatic hydroxyl groups excluding tert-OH is 1. The van der Waals surface area contributed by atoms with E-state index in [-0.39, 0.29) is 11.4 Å². The molecule has 0 spiro atoms. The number of phenolic OH excluding ortho intramolecular Hbond substituents is 1. The second kappa shape index (κ2) is 3.78. The molecule has 4 N–H and O–H groups in total. The standard InChI is InChI=1S/C8H10BrNO2/c9-4-8(12)5-1-2-7(11)6(10)3-5/h1-3,8,11-12H,4,10H2. The summed E-state index contributed by atoms with van der Waals surface area (Å²) < 4.78 is 0. The summed E-state index contributed by atoms with van der Waals surface area (Å²) in [5.74, 6) is 0.0422. The van der Waals surface area contributed by atoms with E-state index in [1.165, 1.54) is 6.07 Å². The van der Waals surface area contributed by atoms with E-state index in [1.54, 1.807) is 12.1 Å². The van der Waals surface area contributed by atoms with Gasteiger partial charge in [0.1, 0.15) is 5.75 Å². The number of nitrogen functional groups attached to an aromatic ring is 1. The molecule has 3 nitrogen and oxygen atoms in total. The van der Waals surface area contributed by atoms with Gasteiger partial charge in [0.15, 0.2) is 0 Å². The lowest BCUT2D eigenvalue weighted by atomic mass is 10.1.